The van der Waals surface area contributed by atoms with Gasteiger partial charge in [0.25, 0.3) is 0 Å². The molecule has 1 unspecified atom stereocenters. The van der Waals surface area contributed by atoms with Crippen molar-refractivity contribution >= 4 is 5.70 Å². The Morgan fingerprint density at radius 3 is 2.50 bits per heavy atom. The van der Waals surface area contributed by atoms with Crippen LogP contribution in [0.1, 0.15) is 42.5 Å². The van der Waals surface area contributed by atoms with E-state index in [-0.39, 0.29) is 12.0 Å². The van der Waals surface area contributed by atoms with Gasteiger partial charge in [-0.05, 0) is 67.1 Å². The van der Waals surface area contributed by atoms with Crippen LogP contribution in [0.25, 0.3) is 16.8 Å². The van der Waals surface area contributed by atoms with Crippen molar-refractivity contribution in [2.24, 2.45) is 5.73 Å². The van der Waals surface area contributed by atoms with Gasteiger partial charge in [0, 0.05) is 11.3 Å². The van der Waals surface area contributed by atoms with Gasteiger partial charge in [-0.15, -0.1) is 0 Å². The normalized spacial score (nSPS) is 12.1. The van der Waals surface area contributed by atoms with E-state index in [1.165, 1.54) is 11.6 Å². The summed E-state index contributed by atoms with van der Waals surface area (Å²) in [6, 6.07) is 9.19. The van der Waals surface area contributed by atoms with Crippen LogP contribution < -0.4 is 11.1 Å². The summed E-state index contributed by atoms with van der Waals surface area (Å²) in [7, 11) is 0. The minimum Gasteiger partial charge on any atom is -0.370 e. The van der Waals surface area contributed by atoms with Gasteiger partial charge in [-0.1, -0.05) is 38.1 Å². The third-order valence-electron chi connectivity index (χ3n) is 4.19. The number of nitrogens with one attached hydrogen (secondary N) is 1. The number of benzene rings is 2. The van der Waals surface area contributed by atoms with E-state index >= 15 is 0 Å². The molecule has 0 heterocycles. The molecule has 0 radical (unpaired) electrons. The molecule has 0 saturated heterocycles. The van der Waals surface area contributed by atoms with Gasteiger partial charge in [-0.3, -0.25) is 0 Å². The van der Waals surface area contributed by atoms with Crippen molar-refractivity contribution in [3.8, 4) is 11.1 Å². The van der Waals surface area contributed by atoms with Gasteiger partial charge < -0.3 is 11.1 Å². The molecule has 2 aromatic rings. The highest BCUT2D eigenvalue weighted by molar-refractivity contribution is 5.85. The molecule has 128 valence electrons. The van der Waals surface area contributed by atoms with Crippen LogP contribution in [0, 0.1) is 19.7 Å². The van der Waals surface area contributed by atoms with Crippen LogP contribution in [-0.4, -0.2) is 6.17 Å². The molecule has 1 atom stereocenters. The highest BCUT2D eigenvalue weighted by atomic mass is 19.1. The molecule has 2 nitrogen and oxygen atoms in total. The Kier molecular flexibility index (Phi) is 5.79. The van der Waals surface area contributed by atoms with E-state index in [9.17, 15) is 4.39 Å². The largest absolute Gasteiger partial charge is 0.370 e. The third kappa shape index (κ3) is 3.85. The van der Waals surface area contributed by atoms with Gasteiger partial charge in [-0.2, -0.15) is 0 Å². The average Bonchev–Trinajstić information content (AvgIpc) is 2.50. The molecule has 2 rings (SSSR count). The first-order chi connectivity index (χ1) is 11.3. The SMILES string of the molecule is C=C(NC(C)N)c1c(C)ccc(CCC)c1-c1cc(F)ccc1C. The summed E-state index contributed by atoms with van der Waals surface area (Å²) in [5.41, 5.74) is 13.0. The molecule has 0 amide bonds. The minimum absolute atomic E-state index is 0.201. The highest BCUT2D eigenvalue weighted by Crippen LogP contribution is 2.36. The van der Waals surface area contributed by atoms with Gasteiger partial charge in [-0.25, -0.2) is 4.39 Å². The molecule has 0 bridgehead atoms. The van der Waals surface area contributed by atoms with E-state index in [4.69, 9.17) is 5.73 Å². The maximum atomic E-state index is 13.9. The molecule has 0 saturated carbocycles. The number of nitrogens with two attached hydrogens (primary N) is 1. The Bertz CT molecular complexity index is 748. The van der Waals surface area contributed by atoms with Gasteiger partial charge in [0.05, 0.1) is 6.17 Å². The Morgan fingerprint density at radius 2 is 1.88 bits per heavy atom. The lowest BCUT2D eigenvalue weighted by molar-refractivity contribution is 0.628. The predicted octanol–water partition coefficient (Wildman–Crippen LogP) is 4.93. The fourth-order valence-corrected chi connectivity index (χ4v) is 3.13. The Balaban J connectivity index is 2.76. The summed E-state index contributed by atoms with van der Waals surface area (Å²) >= 11 is 0. The van der Waals surface area contributed by atoms with E-state index < -0.39 is 0 Å². The molecule has 0 aliphatic carbocycles. The summed E-state index contributed by atoms with van der Waals surface area (Å²) in [5, 5.41) is 3.20. The zero-order chi connectivity index (χ0) is 17.9. The van der Waals surface area contributed by atoms with E-state index in [2.05, 4.69) is 37.9 Å². The smallest absolute Gasteiger partial charge is 0.123 e. The van der Waals surface area contributed by atoms with Gasteiger partial charge in [0.15, 0.2) is 0 Å². The maximum absolute atomic E-state index is 13.9. The molecule has 0 aliphatic heterocycles. The monoisotopic (exact) mass is 326 g/mol. The maximum Gasteiger partial charge on any atom is 0.123 e. The van der Waals surface area contributed by atoms with Gasteiger partial charge in [0.2, 0.25) is 0 Å². The van der Waals surface area contributed by atoms with Crippen molar-refractivity contribution < 1.29 is 4.39 Å². The molecule has 0 spiro atoms. The molecule has 3 N–H and O–H groups in total. The van der Waals surface area contributed by atoms with Crippen molar-refractivity contribution in [1.82, 2.24) is 5.32 Å². The zero-order valence-corrected chi connectivity index (χ0v) is 15.0. The summed E-state index contributed by atoms with van der Waals surface area (Å²) in [5.74, 6) is -0.226. The Hall–Kier alpha value is -2.13. The van der Waals surface area contributed by atoms with Crippen molar-refractivity contribution in [2.45, 2.75) is 46.7 Å². The van der Waals surface area contributed by atoms with E-state index in [1.807, 2.05) is 19.9 Å². The zero-order valence-electron chi connectivity index (χ0n) is 15.0. The second-order valence-corrected chi connectivity index (χ2v) is 6.41. The minimum atomic E-state index is -0.226. The number of rotatable bonds is 6. The number of halogens is 1. The molecular formula is C21H27FN2. The quantitative estimate of drug-likeness (QED) is 0.739. The van der Waals surface area contributed by atoms with Crippen LogP contribution in [0.15, 0.2) is 36.9 Å². The van der Waals surface area contributed by atoms with Crippen LogP contribution in [0.3, 0.4) is 0 Å². The molecule has 3 heteroatoms. The molecule has 24 heavy (non-hydrogen) atoms. The first kappa shape index (κ1) is 18.2. The van der Waals surface area contributed by atoms with E-state index in [1.54, 1.807) is 6.07 Å². The van der Waals surface area contributed by atoms with Crippen molar-refractivity contribution in [2.75, 3.05) is 0 Å². The summed E-state index contributed by atoms with van der Waals surface area (Å²) in [6.07, 6.45) is 1.76. The second-order valence-electron chi connectivity index (χ2n) is 6.41. The topological polar surface area (TPSA) is 38.0 Å². The molecule has 0 aromatic heterocycles. The highest BCUT2D eigenvalue weighted by Gasteiger charge is 2.18. The second kappa shape index (κ2) is 7.63. The van der Waals surface area contributed by atoms with Crippen LogP contribution >= 0.6 is 0 Å². The van der Waals surface area contributed by atoms with Crippen LogP contribution in [0.2, 0.25) is 0 Å². The summed E-state index contributed by atoms with van der Waals surface area (Å²) in [4.78, 5) is 0. The molecule has 0 fully saturated rings. The molecular weight excluding hydrogens is 299 g/mol. The average molecular weight is 326 g/mol. The number of hydrogen-bond acceptors (Lipinski definition) is 2. The first-order valence-electron chi connectivity index (χ1n) is 8.45. The summed E-state index contributed by atoms with van der Waals surface area (Å²) < 4.78 is 13.9. The van der Waals surface area contributed by atoms with Gasteiger partial charge in [0.1, 0.15) is 5.82 Å². The molecule has 0 aliphatic rings. The lowest BCUT2D eigenvalue weighted by Crippen LogP contribution is -2.32. The predicted molar refractivity (Wildman–Crippen MR) is 101 cm³/mol. The standard InChI is InChI=1S/C21H27FN2/c1-6-7-17-10-8-14(3)20(15(4)24-16(5)23)21(17)19-12-18(22)11-9-13(19)2/h8-12,16,24H,4,6-7,23H2,1-3,5H3. The fraction of sp³-hybridized carbons (Fsp3) is 0.333. The lowest BCUT2D eigenvalue weighted by atomic mass is 9.86. The van der Waals surface area contributed by atoms with Crippen molar-refractivity contribution in [1.29, 1.82) is 0 Å². The number of aryl methyl sites for hydroxylation is 3. The van der Waals surface area contributed by atoms with Crippen LogP contribution in [0.5, 0.6) is 0 Å². The van der Waals surface area contributed by atoms with Crippen molar-refractivity contribution in [3.63, 3.8) is 0 Å². The fourth-order valence-electron chi connectivity index (χ4n) is 3.13. The van der Waals surface area contributed by atoms with E-state index in [0.717, 1.165) is 46.4 Å². The third-order valence-corrected chi connectivity index (χ3v) is 4.19. The number of hydrogen-bond donors (Lipinski definition) is 2. The van der Waals surface area contributed by atoms with Crippen LogP contribution in [0.4, 0.5) is 4.39 Å². The lowest BCUT2D eigenvalue weighted by Gasteiger charge is -2.22. The summed E-state index contributed by atoms with van der Waals surface area (Å²) in [6.45, 7) is 12.3. The van der Waals surface area contributed by atoms with Crippen LogP contribution in [-0.2, 0) is 6.42 Å². The first-order valence-corrected chi connectivity index (χ1v) is 8.45. The Labute approximate surface area is 144 Å². The van der Waals surface area contributed by atoms with Crippen molar-refractivity contribution in [3.05, 3.63) is 65.0 Å². The molecule has 2 aromatic carbocycles. The van der Waals surface area contributed by atoms with Gasteiger partial charge >= 0.3 is 0 Å². The Morgan fingerprint density at radius 1 is 1.21 bits per heavy atom. The van der Waals surface area contributed by atoms with E-state index in [0.29, 0.717) is 0 Å².